The summed E-state index contributed by atoms with van der Waals surface area (Å²) in [4.78, 5) is 29.7. The Kier molecular flexibility index (Phi) is 3.67. The molecule has 0 radical (unpaired) electrons. The minimum Gasteiger partial charge on any atom is -0.345 e. The summed E-state index contributed by atoms with van der Waals surface area (Å²) < 4.78 is 0. The van der Waals surface area contributed by atoms with Crippen LogP contribution in [-0.4, -0.2) is 52.4 Å². The van der Waals surface area contributed by atoms with Gasteiger partial charge < -0.3 is 9.80 Å². The van der Waals surface area contributed by atoms with Crippen molar-refractivity contribution in [3.05, 3.63) is 36.7 Å². The minimum absolute atomic E-state index is 0.152. The van der Waals surface area contributed by atoms with Crippen molar-refractivity contribution in [2.75, 3.05) is 31.6 Å². The molecule has 4 rings (SSSR count). The molecular weight excluding hydrogens is 302 g/mol. The van der Waals surface area contributed by atoms with Crippen LogP contribution in [0.25, 0.3) is 11.4 Å². The fourth-order valence-corrected chi connectivity index (χ4v) is 3.76. The molecule has 0 aliphatic carbocycles. The molecule has 2 saturated heterocycles. The lowest BCUT2D eigenvalue weighted by molar-refractivity contribution is -0.135. The molecule has 0 N–H and O–H groups in total. The summed E-state index contributed by atoms with van der Waals surface area (Å²) in [5, 5.41) is 0. The van der Waals surface area contributed by atoms with E-state index in [0.29, 0.717) is 17.7 Å². The van der Waals surface area contributed by atoms with Crippen LogP contribution in [0.5, 0.6) is 0 Å². The molecule has 24 heavy (non-hydrogen) atoms. The summed E-state index contributed by atoms with van der Waals surface area (Å²) in [6.45, 7) is 2.51. The van der Waals surface area contributed by atoms with Crippen molar-refractivity contribution in [3.8, 4) is 11.4 Å². The topological polar surface area (TPSA) is 62.2 Å². The van der Waals surface area contributed by atoms with E-state index in [1.807, 2.05) is 42.3 Å². The van der Waals surface area contributed by atoms with Crippen LogP contribution in [0.2, 0.25) is 0 Å². The van der Waals surface area contributed by atoms with Crippen molar-refractivity contribution in [1.82, 2.24) is 19.9 Å². The number of anilines is 1. The van der Waals surface area contributed by atoms with Crippen LogP contribution in [0.3, 0.4) is 0 Å². The average molecular weight is 323 g/mol. The van der Waals surface area contributed by atoms with E-state index in [4.69, 9.17) is 0 Å². The highest BCUT2D eigenvalue weighted by Gasteiger charge is 2.47. The number of hydrogen-bond acceptors (Lipinski definition) is 5. The van der Waals surface area contributed by atoms with Crippen LogP contribution in [0, 0.1) is 5.41 Å². The molecule has 0 saturated carbocycles. The largest absolute Gasteiger partial charge is 0.345 e. The predicted molar refractivity (Wildman–Crippen MR) is 91.4 cm³/mol. The van der Waals surface area contributed by atoms with Crippen LogP contribution in [0.4, 0.5) is 5.95 Å². The molecule has 1 amide bonds. The van der Waals surface area contributed by atoms with E-state index >= 15 is 0 Å². The average Bonchev–Trinajstić information content (AvgIpc) is 2.92. The molecule has 0 unspecified atom stereocenters. The lowest BCUT2D eigenvalue weighted by Gasteiger charge is -2.37. The van der Waals surface area contributed by atoms with Gasteiger partial charge >= 0.3 is 0 Å². The van der Waals surface area contributed by atoms with Crippen molar-refractivity contribution in [3.63, 3.8) is 0 Å². The van der Waals surface area contributed by atoms with Gasteiger partial charge in [0.15, 0.2) is 5.82 Å². The molecule has 2 aliphatic heterocycles. The Hall–Kier alpha value is -2.50. The second-order valence-corrected chi connectivity index (χ2v) is 6.72. The third-order valence-electron chi connectivity index (χ3n) is 5.32. The first-order valence-corrected chi connectivity index (χ1v) is 8.43. The Bertz CT molecular complexity index is 740. The summed E-state index contributed by atoms with van der Waals surface area (Å²) in [5.41, 5.74) is 0.836. The van der Waals surface area contributed by atoms with Crippen molar-refractivity contribution >= 4 is 11.9 Å². The van der Waals surface area contributed by atoms with Gasteiger partial charge in [-0.3, -0.25) is 4.79 Å². The molecular formula is C18H21N5O. The maximum atomic E-state index is 12.4. The first-order chi connectivity index (χ1) is 11.7. The number of hydrogen-bond donors (Lipinski definition) is 0. The summed E-state index contributed by atoms with van der Waals surface area (Å²) in [6.07, 6.45) is 4.30. The van der Waals surface area contributed by atoms with Crippen LogP contribution in [0.15, 0.2) is 36.7 Å². The number of carbonyl (C=O) groups excluding carboxylic acids is 1. The lowest BCUT2D eigenvalue weighted by Crippen LogP contribution is -2.44. The number of aromatic nitrogens is 3. The summed E-state index contributed by atoms with van der Waals surface area (Å²) in [7, 11) is 1.90. The third kappa shape index (κ3) is 2.52. The molecule has 6 nitrogen and oxygen atoms in total. The number of amides is 1. The van der Waals surface area contributed by atoms with Gasteiger partial charge in [-0.1, -0.05) is 30.3 Å². The fraction of sp³-hybridized carbons (Fsp3) is 0.444. The third-order valence-corrected chi connectivity index (χ3v) is 5.32. The zero-order valence-corrected chi connectivity index (χ0v) is 13.9. The number of piperidine rings is 1. The second-order valence-electron chi connectivity index (χ2n) is 6.72. The first-order valence-electron chi connectivity index (χ1n) is 8.43. The lowest BCUT2D eigenvalue weighted by atomic mass is 9.77. The van der Waals surface area contributed by atoms with Crippen LogP contribution in [-0.2, 0) is 4.79 Å². The van der Waals surface area contributed by atoms with Gasteiger partial charge in [0, 0.05) is 32.2 Å². The Morgan fingerprint density at radius 3 is 2.38 bits per heavy atom. The van der Waals surface area contributed by atoms with Gasteiger partial charge in [-0.2, -0.15) is 4.98 Å². The van der Waals surface area contributed by atoms with Gasteiger partial charge in [-0.05, 0) is 19.3 Å². The highest BCUT2D eigenvalue weighted by molar-refractivity contribution is 5.84. The molecule has 2 fully saturated rings. The number of nitrogens with zero attached hydrogens (tertiary/aromatic N) is 5. The monoisotopic (exact) mass is 323 g/mol. The van der Waals surface area contributed by atoms with Crippen LogP contribution in [0.1, 0.15) is 19.3 Å². The number of likely N-dealkylation sites (tertiary alicyclic amines) is 1. The zero-order chi connectivity index (χ0) is 16.6. The van der Waals surface area contributed by atoms with Gasteiger partial charge in [0.05, 0.1) is 5.41 Å². The quantitative estimate of drug-likeness (QED) is 0.846. The van der Waals surface area contributed by atoms with Gasteiger partial charge in [-0.15, -0.1) is 0 Å². The van der Waals surface area contributed by atoms with Gasteiger partial charge in [0.2, 0.25) is 11.9 Å². The normalized spacial score (nSPS) is 20.0. The fourth-order valence-electron chi connectivity index (χ4n) is 3.76. The maximum Gasteiger partial charge on any atom is 0.228 e. The number of rotatable bonds is 2. The molecule has 6 heteroatoms. The molecule has 1 spiro atoms. The Balaban J connectivity index is 1.51. The first kappa shape index (κ1) is 15.1. The Labute approximate surface area is 141 Å². The van der Waals surface area contributed by atoms with Gasteiger partial charge in [0.25, 0.3) is 0 Å². The molecule has 0 bridgehead atoms. The number of carbonyl (C=O) groups is 1. The van der Waals surface area contributed by atoms with Gasteiger partial charge in [-0.25, -0.2) is 9.97 Å². The number of benzene rings is 1. The zero-order valence-electron chi connectivity index (χ0n) is 13.9. The standard InChI is InChI=1S/C18H21N5O/c1-22-10-7-18(16(22)24)8-11-23(12-9-18)17-20-13-19-15(21-17)14-5-3-2-4-6-14/h2-6,13H,7-12H2,1H3. The van der Waals surface area contributed by atoms with Gasteiger partial charge in [0.1, 0.15) is 6.33 Å². The van der Waals surface area contributed by atoms with Crippen LogP contribution >= 0.6 is 0 Å². The summed E-state index contributed by atoms with van der Waals surface area (Å²) >= 11 is 0. The van der Waals surface area contributed by atoms with Crippen molar-refractivity contribution in [2.45, 2.75) is 19.3 Å². The smallest absolute Gasteiger partial charge is 0.228 e. The molecule has 124 valence electrons. The van der Waals surface area contributed by atoms with E-state index in [9.17, 15) is 4.79 Å². The van der Waals surface area contributed by atoms with Crippen molar-refractivity contribution in [2.24, 2.45) is 5.41 Å². The van der Waals surface area contributed by atoms with E-state index in [2.05, 4.69) is 19.9 Å². The predicted octanol–water partition coefficient (Wildman–Crippen LogP) is 1.99. The van der Waals surface area contributed by atoms with E-state index in [-0.39, 0.29) is 5.41 Å². The highest BCUT2D eigenvalue weighted by Crippen LogP contribution is 2.41. The summed E-state index contributed by atoms with van der Waals surface area (Å²) in [6, 6.07) is 9.93. The summed E-state index contributed by atoms with van der Waals surface area (Å²) in [5.74, 6) is 1.71. The van der Waals surface area contributed by atoms with E-state index in [0.717, 1.165) is 44.5 Å². The SMILES string of the molecule is CN1CCC2(CCN(c3ncnc(-c4ccccc4)n3)CC2)C1=O. The maximum absolute atomic E-state index is 12.4. The van der Waals surface area contributed by atoms with Crippen molar-refractivity contribution in [1.29, 1.82) is 0 Å². The molecule has 1 aromatic heterocycles. The second kappa shape index (κ2) is 5.85. The molecule has 2 aromatic rings. The molecule has 3 heterocycles. The van der Waals surface area contributed by atoms with Crippen LogP contribution < -0.4 is 4.90 Å². The van der Waals surface area contributed by atoms with Crippen molar-refractivity contribution < 1.29 is 4.79 Å². The van der Waals surface area contributed by atoms with E-state index in [1.165, 1.54) is 0 Å². The molecule has 0 atom stereocenters. The van der Waals surface area contributed by atoms with E-state index in [1.54, 1.807) is 6.33 Å². The highest BCUT2D eigenvalue weighted by atomic mass is 16.2. The molecule has 1 aromatic carbocycles. The Morgan fingerprint density at radius 1 is 1.00 bits per heavy atom. The molecule has 2 aliphatic rings. The van der Waals surface area contributed by atoms with E-state index < -0.39 is 0 Å². The minimum atomic E-state index is -0.152. The Morgan fingerprint density at radius 2 is 1.71 bits per heavy atom.